The molecule has 3 atom stereocenters. The summed E-state index contributed by atoms with van der Waals surface area (Å²) in [5, 5.41) is 15.7. The molecule has 1 aliphatic rings. The standard InChI is InChI=1S/C19H25N2O6P/c1-4-27-12-15(13(2)22)16(23)20-18(24)21-17-19(3,25)10-11-28(17,26)14-8-6-5-7-9-14/h5-9,12,17,25H,4,10-11H2,1-3H3,(H2,20,21,23,24)/b15-12+/t17-,19-,28-/m1/s1. The average molecular weight is 408 g/mol. The van der Waals surface area contributed by atoms with Crippen molar-refractivity contribution in [3.05, 3.63) is 42.2 Å². The lowest BCUT2D eigenvalue weighted by Gasteiger charge is -2.30. The summed E-state index contributed by atoms with van der Waals surface area (Å²) >= 11 is 0. The molecule has 1 heterocycles. The van der Waals surface area contributed by atoms with Crippen molar-refractivity contribution < 1.29 is 28.8 Å². The zero-order chi connectivity index (χ0) is 20.9. The van der Waals surface area contributed by atoms with E-state index in [0.29, 0.717) is 5.30 Å². The molecule has 0 aliphatic carbocycles. The third-order valence-corrected chi connectivity index (χ3v) is 8.22. The van der Waals surface area contributed by atoms with Crippen molar-refractivity contribution in [3.63, 3.8) is 0 Å². The summed E-state index contributed by atoms with van der Waals surface area (Å²) in [6.07, 6.45) is 1.46. The Balaban J connectivity index is 2.19. The van der Waals surface area contributed by atoms with Crippen LogP contribution in [0.5, 0.6) is 0 Å². The van der Waals surface area contributed by atoms with Crippen molar-refractivity contribution in [2.45, 2.75) is 38.6 Å². The van der Waals surface area contributed by atoms with E-state index in [-0.39, 0.29) is 24.8 Å². The van der Waals surface area contributed by atoms with E-state index in [9.17, 15) is 24.1 Å². The van der Waals surface area contributed by atoms with Gasteiger partial charge in [-0.15, -0.1) is 0 Å². The monoisotopic (exact) mass is 408 g/mol. The van der Waals surface area contributed by atoms with Crippen LogP contribution in [-0.2, 0) is 18.9 Å². The number of ketones is 1. The van der Waals surface area contributed by atoms with E-state index in [1.165, 1.54) is 13.8 Å². The van der Waals surface area contributed by atoms with Gasteiger partial charge in [0.25, 0.3) is 5.91 Å². The van der Waals surface area contributed by atoms with Crippen molar-refractivity contribution in [3.8, 4) is 0 Å². The molecular weight excluding hydrogens is 383 g/mol. The fourth-order valence-electron chi connectivity index (χ4n) is 3.12. The Morgan fingerprint density at radius 2 is 1.96 bits per heavy atom. The first kappa shape index (κ1) is 21.9. The van der Waals surface area contributed by atoms with Gasteiger partial charge in [0.15, 0.2) is 5.78 Å². The van der Waals surface area contributed by atoms with Crippen LogP contribution in [0.2, 0.25) is 0 Å². The molecule has 0 spiro atoms. The molecule has 3 N–H and O–H groups in total. The number of urea groups is 1. The zero-order valence-corrected chi connectivity index (χ0v) is 17.0. The maximum Gasteiger partial charge on any atom is 0.322 e. The van der Waals surface area contributed by atoms with Gasteiger partial charge in [0, 0.05) is 11.5 Å². The molecule has 1 aromatic rings. The van der Waals surface area contributed by atoms with Crippen molar-refractivity contribution >= 4 is 30.2 Å². The Bertz CT molecular complexity index is 834. The molecule has 2 rings (SSSR count). The van der Waals surface area contributed by atoms with E-state index in [2.05, 4.69) is 5.32 Å². The quantitative estimate of drug-likeness (QED) is 0.216. The molecular formula is C19H25N2O6P. The number of imide groups is 1. The number of Topliss-reactive ketones (excluding diaryl/α,β-unsaturated/α-hetero) is 1. The van der Waals surface area contributed by atoms with Gasteiger partial charge in [-0.3, -0.25) is 14.9 Å². The number of benzene rings is 1. The van der Waals surface area contributed by atoms with E-state index < -0.39 is 36.2 Å². The first-order valence-electron chi connectivity index (χ1n) is 8.93. The summed E-state index contributed by atoms with van der Waals surface area (Å²) < 4.78 is 18.6. The van der Waals surface area contributed by atoms with Crippen LogP contribution in [-0.4, -0.2) is 47.0 Å². The van der Waals surface area contributed by atoms with Gasteiger partial charge in [-0.25, -0.2) is 4.79 Å². The summed E-state index contributed by atoms with van der Waals surface area (Å²) in [5.74, 6) is -2.57. The normalized spacial score (nSPS) is 27.1. The number of hydrogen-bond acceptors (Lipinski definition) is 6. The summed E-state index contributed by atoms with van der Waals surface area (Å²) in [7, 11) is -3.15. The van der Waals surface area contributed by atoms with Gasteiger partial charge in [-0.2, -0.15) is 0 Å². The highest BCUT2D eigenvalue weighted by Crippen LogP contribution is 2.59. The number of nitrogens with one attached hydrogen (secondary N) is 2. The highest BCUT2D eigenvalue weighted by molar-refractivity contribution is 7.72. The van der Waals surface area contributed by atoms with Gasteiger partial charge in [0.05, 0.1) is 18.5 Å². The van der Waals surface area contributed by atoms with Gasteiger partial charge in [0.1, 0.15) is 18.5 Å². The van der Waals surface area contributed by atoms with Crippen LogP contribution >= 0.6 is 7.14 Å². The molecule has 8 nitrogen and oxygen atoms in total. The SMILES string of the molecule is CCO/C=C(\C(C)=O)C(=O)NC(=O)N[C@H]1[C@](C)(O)CC[P@@]1(=O)c1ccccc1. The van der Waals surface area contributed by atoms with E-state index in [1.807, 2.05) is 5.32 Å². The molecule has 0 radical (unpaired) electrons. The fourth-order valence-corrected chi connectivity index (χ4v) is 6.75. The lowest BCUT2D eigenvalue weighted by molar-refractivity contribution is -0.121. The van der Waals surface area contributed by atoms with Crippen LogP contribution in [0.4, 0.5) is 4.79 Å². The highest BCUT2D eigenvalue weighted by Gasteiger charge is 2.53. The number of carbonyl (C=O) groups is 3. The first-order valence-corrected chi connectivity index (χ1v) is 10.9. The second kappa shape index (κ2) is 8.71. The minimum absolute atomic E-state index is 0.228. The Morgan fingerprint density at radius 1 is 1.32 bits per heavy atom. The Morgan fingerprint density at radius 3 is 2.54 bits per heavy atom. The largest absolute Gasteiger partial charge is 0.501 e. The van der Waals surface area contributed by atoms with Crippen LogP contribution in [0.25, 0.3) is 0 Å². The number of rotatable bonds is 6. The lowest BCUT2D eigenvalue weighted by atomic mass is 10.0. The average Bonchev–Trinajstić information content (AvgIpc) is 2.87. The minimum Gasteiger partial charge on any atom is -0.501 e. The number of amides is 3. The topological polar surface area (TPSA) is 122 Å². The Hall–Kier alpha value is -2.44. The molecule has 0 bridgehead atoms. The maximum absolute atomic E-state index is 13.6. The molecule has 28 heavy (non-hydrogen) atoms. The fraction of sp³-hybridized carbons (Fsp3) is 0.421. The molecule has 1 saturated heterocycles. The molecule has 0 unspecified atom stereocenters. The summed E-state index contributed by atoms with van der Waals surface area (Å²) in [6.45, 7) is 4.61. The van der Waals surface area contributed by atoms with Gasteiger partial charge in [-0.1, -0.05) is 30.3 Å². The van der Waals surface area contributed by atoms with Crippen molar-refractivity contribution in [1.29, 1.82) is 0 Å². The lowest BCUT2D eigenvalue weighted by Crippen LogP contribution is -2.52. The van der Waals surface area contributed by atoms with Crippen LogP contribution in [0.15, 0.2) is 42.2 Å². The summed E-state index contributed by atoms with van der Waals surface area (Å²) in [5.41, 5.74) is -1.72. The zero-order valence-electron chi connectivity index (χ0n) is 16.1. The molecule has 1 aromatic carbocycles. The van der Waals surface area contributed by atoms with Crippen LogP contribution in [0.1, 0.15) is 27.2 Å². The van der Waals surface area contributed by atoms with E-state index >= 15 is 0 Å². The van der Waals surface area contributed by atoms with E-state index in [1.54, 1.807) is 37.3 Å². The number of hydrogen-bond donors (Lipinski definition) is 3. The molecule has 1 fully saturated rings. The number of aliphatic hydroxyl groups is 1. The Kier molecular flexibility index (Phi) is 6.80. The van der Waals surface area contributed by atoms with Gasteiger partial charge in [-0.05, 0) is 27.2 Å². The summed E-state index contributed by atoms with van der Waals surface area (Å²) in [4.78, 5) is 36.1. The van der Waals surface area contributed by atoms with Crippen molar-refractivity contribution in [1.82, 2.24) is 10.6 Å². The highest BCUT2D eigenvalue weighted by atomic mass is 31.2. The van der Waals surface area contributed by atoms with Gasteiger partial charge in [0.2, 0.25) is 0 Å². The van der Waals surface area contributed by atoms with Crippen molar-refractivity contribution in [2.24, 2.45) is 0 Å². The van der Waals surface area contributed by atoms with Gasteiger partial charge >= 0.3 is 6.03 Å². The Labute approximate surface area is 163 Å². The van der Waals surface area contributed by atoms with E-state index in [0.717, 1.165) is 6.26 Å². The number of carbonyl (C=O) groups excluding carboxylic acids is 3. The van der Waals surface area contributed by atoms with Crippen molar-refractivity contribution in [2.75, 3.05) is 12.8 Å². The molecule has 0 aromatic heterocycles. The molecule has 0 saturated carbocycles. The molecule has 9 heteroatoms. The van der Waals surface area contributed by atoms with Crippen LogP contribution in [0, 0.1) is 0 Å². The summed E-state index contributed by atoms with van der Waals surface area (Å²) in [6, 6.07) is 7.70. The third-order valence-electron chi connectivity index (χ3n) is 4.64. The smallest absolute Gasteiger partial charge is 0.322 e. The predicted molar refractivity (Wildman–Crippen MR) is 105 cm³/mol. The second-order valence-corrected chi connectivity index (χ2v) is 9.91. The second-order valence-electron chi connectivity index (χ2n) is 6.84. The van der Waals surface area contributed by atoms with Crippen LogP contribution < -0.4 is 15.9 Å². The maximum atomic E-state index is 13.6. The molecule has 1 aliphatic heterocycles. The number of ether oxygens (including phenoxy) is 1. The molecule has 3 amide bonds. The molecule has 152 valence electrons. The predicted octanol–water partition coefficient (Wildman–Crippen LogP) is 1.49. The third kappa shape index (κ3) is 4.69. The minimum atomic E-state index is -3.15. The van der Waals surface area contributed by atoms with E-state index in [4.69, 9.17) is 4.74 Å². The first-order chi connectivity index (χ1) is 13.1. The van der Waals surface area contributed by atoms with Crippen LogP contribution in [0.3, 0.4) is 0 Å². The van der Waals surface area contributed by atoms with Gasteiger partial charge < -0.3 is 19.7 Å².